The fourth-order valence-corrected chi connectivity index (χ4v) is 2.93. The molecule has 8 heteroatoms. The molecule has 134 valence electrons. The summed E-state index contributed by atoms with van der Waals surface area (Å²) in [7, 11) is 1.41. The zero-order chi connectivity index (χ0) is 17.9. The van der Waals surface area contributed by atoms with Crippen LogP contribution in [0.2, 0.25) is 0 Å². The van der Waals surface area contributed by atoms with Crippen molar-refractivity contribution >= 4 is 39.8 Å². The lowest BCUT2D eigenvalue weighted by Gasteiger charge is -2.10. The van der Waals surface area contributed by atoms with E-state index in [1.165, 1.54) is 18.4 Å². The van der Waals surface area contributed by atoms with Crippen molar-refractivity contribution < 1.29 is 9.53 Å². The number of thiocarbonyl (C=S) groups is 1. The van der Waals surface area contributed by atoms with Crippen LogP contribution in [0.15, 0.2) is 35.7 Å². The van der Waals surface area contributed by atoms with Gasteiger partial charge in [0, 0.05) is 23.9 Å². The van der Waals surface area contributed by atoms with E-state index in [-0.39, 0.29) is 5.97 Å². The van der Waals surface area contributed by atoms with Crippen LogP contribution in [0, 0.1) is 0 Å². The van der Waals surface area contributed by atoms with E-state index in [1.807, 2.05) is 35.7 Å². The minimum Gasteiger partial charge on any atom is -0.469 e. The van der Waals surface area contributed by atoms with Crippen molar-refractivity contribution in [2.75, 3.05) is 19.1 Å². The van der Waals surface area contributed by atoms with Crippen LogP contribution in [0.5, 0.6) is 0 Å². The second-order valence-electron chi connectivity index (χ2n) is 5.30. The molecule has 0 aliphatic rings. The first-order valence-corrected chi connectivity index (χ1v) is 9.35. The summed E-state index contributed by atoms with van der Waals surface area (Å²) in [5.41, 5.74) is 7.94. The van der Waals surface area contributed by atoms with E-state index in [0.717, 1.165) is 42.2 Å². The molecule has 6 nitrogen and oxygen atoms in total. The van der Waals surface area contributed by atoms with Crippen LogP contribution < -0.4 is 16.2 Å². The van der Waals surface area contributed by atoms with Gasteiger partial charge in [-0.25, -0.2) is 4.98 Å². The summed E-state index contributed by atoms with van der Waals surface area (Å²) < 4.78 is 4.60. The Balaban J connectivity index is 1.61. The molecule has 1 aromatic heterocycles. The zero-order valence-electron chi connectivity index (χ0n) is 14.1. The molecule has 0 aliphatic heterocycles. The lowest BCUT2D eigenvalue weighted by molar-refractivity contribution is -0.140. The minimum absolute atomic E-state index is 0.160. The molecular formula is C17H22N4O2S2. The number of esters is 1. The van der Waals surface area contributed by atoms with Gasteiger partial charge in [-0.3, -0.25) is 15.6 Å². The number of ether oxygens (including phenoxy) is 1. The molecule has 25 heavy (non-hydrogen) atoms. The molecule has 0 amide bonds. The Labute approximate surface area is 157 Å². The molecule has 0 aliphatic carbocycles. The Hall–Kier alpha value is -2.19. The SMILES string of the molecule is COC(=O)CCCCCNC(=S)NNc1nc(-c2ccccc2)cs1. The summed E-state index contributed by atoms with van der Waals surface area (Å²) in [6.45, 7) is 0.752. The molecule has 0 bridgehead atoms. The largest absolute Gasteiger partial charge is 0.469 e. The first-order chi connectivity index (χ1) is 12.2. The number of anilines is 1. The molecule has 0 atom stereocenters. The third kappa shape index (κ3) is 7.06. The number of unbranched alkanes of at least 4 members (excludes halogenated alkanes) is 2. The molecule has 0 saturated heterocycles. The van der Waals surface area contributed by atoms with Crippen molar-refractivity contribution in [1.29, 1.82) is 0 Å². The van der Waals surface area contributed by atoms with E-state index in [2.05, 4.69) is 25.9 Å². The van der Waals surface area contributed by atoms with Gasteiger partial charge in [-0.1, -0.05) is 36.8 Å². The molecule has 0 fully saturated rings. The van der Waals surface area contributed by atoms with Gasteiger partial charge in [0.15, 0.2) is 5.11 Å². The van der Waals surface area contributed by atoms with E-state index in [4.69, 9.17) is 12.2 Å². The van der Waals surface area contributed by atoms with Gasteiger partial charge in [-0.15, -0.1) is 11.3 Å². The predicted octanol–water partition coefficient (Wildman–Crippen LogP) is 3.33. The van der Waals surface area contributed by atoms with Crippen molar-refractivity contribution in [3.63, 3.8) is 0 Å². The molecular weight excluding hydrogens is 356 g/mol. The third-order valence-electron chi connectivity index (χ3n) is 3.43. The van der Waals surface area contributed by atoms with E-state index >= 15 is 0 Å². The lowest BCUT2D eigenvalue weighted by Crippen LogP contribution is -2.39. The first-order valence-electron chi connectivity index (χ1n) is 8.06. The summed E-state index contributed by atoms with van der Waals surface area (Å²) in [6.07, 6.45) is 3.18. The van der Waals surface area contributed by atoms with Crippen LogP contribution in [-0.4, -0.2) is 29.7 Å². The summed E-state index contributed by atoms with van der Waals surface area (Å²) >= 11 is 6.72. The number of rotatable bonds is 9. The van der Waals surface area contributed by atoms with Crippen molar-refractivity contribution in [2.45, 2.75) is 25.7 Å². The Bertz CT molecular complexity index is 676. The summed E-state index contributed by atoms with van der Waals surface area (Å²) in [5, 5.41) is 6.38. The average molecular weight is 379 g/mol. The van der Waals surface area contributed by atoms with E-state index in [1.54, 1.807) is 0 Å². The predicted molar refractivity (Wildman–Crippen MR) is 105 cm³/mol. The topological polar surface area (TPSA) is 75.3 Å². The molecule has 3 N–H and O–H groups in total. The number of hydrogen-bond donors (Lipinski definition) is 3. The van der Waals surface area contributed by atoms with Crippen LogP contribution in [0.4, 0.5) is 5.13 Å². The Morgan fingerprint density at radius 2 is 2.04 bits per heavy atom. The Kier molecular flexibility index (Phi) is 8.14. The van der Waals surface area contributed by atoms with Gasteiger partial charge in [0.2, 0.25) is 5.13 Å². The number of carbonyl (C=O) groups is 1. The fourth-order valence-electron chi connectivity index (χ4n) is 2.10. The van der Waals surface area contributed by atoms with Gasteiger partial charge in [0.25, 0.3) is 0 Å². The van der Waals surface area contributed by atoms with Gasteiger partial charge >= 0.3 is 5.97 Å². The van der Waals surface area contributed by atoms with Crippen LogP contribution in [0.3, 0.4) is 0 Å². The number of thiazole rings is 1. The van der Waals surface area contributed by atoms with Crippen molar-refractivity contribution in [3.8, 4) is 11.3 Å². The van der Waals surface area contributed by atoms with Gasteiger partial charge in [0.1, 0.15) is 0 Å². The second-order valence-corrected chi connectivity index (χ2v) is 6.56. The average Bonchev–Trinajstić information content (AvgIpc) is 3.12. The van der Waals surface area contributed by atoms with E-state index in [0.29, 0.717) is 11.5 Å². The molecule has 0 unspecified atom stereocenters. The monoisotopic (exact) mass is 378 g/mol. The molecule has 0 saturated carbocycles. The van der Waals surface area contributed by atoms with E-state index in [9.17, 15) is 4.79 Å². The smallest absolute Gasteiger partial charge is 0.305 e. The molecule has 2 rings (SSSR count). The highest BCUT2D eigenvalue weighted by atomic mass is 32.1. The highest BCUT2D eigenvalue weighted by Crippen LogP contribution is 2.23. The maximum Gasteiger partial charge on any atom is 0.305 e. The molecule has 2 aromatic rings. The quantitative estimate of drug-likeness (QED) is 0.267. The fraction of sp³-hybridized carbons (Fsp3) is 0.353. The molecule has 0 radical (unpaired) electrons. The van der Waals surface area contributed by atoms with Gasteiger partial charge in [-0.05, 0) is 25.1 Å². The minimum atomic E-state index is -0.160. The summed E-state index contributed by atoms with van der Waals surface area (Å²) in [5.74, 6) is -0.160. The number of nitrogens with one attached hydrogen (secondary N) is 3. The van der Waals surface area contributed by atoms with E-state index < -0.39 is 0 Å². The normalized spacial score (nSPS) is 10.1. The van der Waals surface area contributed by atoms with Gasteiger partial charge in [0.05, 0.1) is 12.8 Å². The molecule has 1 heterocycles. The highest BCUT2D eigenvalue weighted by Gasteiger charge is 2.04. The third-order valence-corrected chi connectivity index (χ3v) is 4.43. The number of methoxy groups -OCH3 is 1. The second kappa shape index (κ2) is 10.6. The maximum absolute atomic E-state index is 11.0. The van der Waals surface area contributed by atoms with Gasteiger partial charge in [-0.2, -0.15) is 0 Å². The van der Waals surface area contributed by atoms with Crippen LogP contribution in [-0.2, 0) is 9.53 Å². The molecule has 1 aromatic carbocycles. The van der Waals surface area contributed by atoms with Gasteiger partial charge < -0.3 is 10.1 Å². The van der Waals surface area contributed by atoms with Crippen LogP contribution >= 0.6 is 23.6 Å². The van der Waals surface area contributed by atoms with Crippen molar-refractivity contribution in [1.82, 2.24) is 15.7 Å². The standard InChI is InChI=1S/C17H22N4O2S2/c1-23-15(22)10-6-3-7-11-18-16(24)20-21-17-19-14(12-25-17)13-8-4-2-5-9-13/h2,4-5,8-9,12H,3,6-7,10-11H2,1H3,(H,19,21)(H2,18,20,24). The van der Waals surface area contributed by atoms with Crippen LogP contribution in [0.1, 0.15) is 25.7 Å². The maximum atomic E-state index is 11.0. The van der Waals surface area contributed by atoms with Crippen LogP contribution in [0.25, 0.3) is 11.3 Å². The Morgan fingerprint density at radius 1 is 1.24 bits per heavy atom. The summed E-state index contributed by atoms with van der Waals surface area (Å²) in [4.78, 5) is 15.5. The first kappa shape index (κ1) is 19.1. The zero-order valence-corrected chi connectivity index (χ0v) is 15.7. The number of aromatic nitrogens is 1. The molecule has 0 spiro atoms. The number of benzene rings is 1. The van der Waals surface area contributed by atoms with Crippen molar-refractivity contribution in [2.24, 2.45) is 0 Å². The van der Waals surface area contributed by atoms with Crippen molar-refractivity contribution in [3.05, 3.63) is 35.7 Å². The lowest BCUT2D eigenvalue weighted by atomic mass is 10.2. The number of hydrogen-bond acceptors (Lipinski definition) is 6. The highest BCUT2D eigenvalue weighted by molar-refractivity contribution is 7.80. The number of nitrogens with zero attached hydrogens (tertiary/aromatic N) is 1. The summed E-state index contributed by atoms with van der Waals surface area (Å²) in [6, 6.07) is 10.0. The number of hydrazine groups is 1. The number of carbonyl (C=O) groups excluding carboxylic acids is 1. The Morgan fingerprint density at radius 3 is 2.80 bits per heavy atom.